The maximum Gasteiger partial charge on any atom is 0.191 e. The Balaban J connectivity index is 1.44. The number of fused-ring (bicyclic) bond motifs is 2. The predicted molar refractivity (Wildman–Crippen MR) is 110 cm³/mol. The van der Waals surface area contributed by atoms with Crippen molar-refractivity contribution in [3.8, 4) is 0 Å². The Morgan fingerprint density at radius 2 is 2.07 bits per heavy atom. The minimum atomic E-state index is 0.326. The molecule has 1 aliphatic heterocycles. The molecule has 1 aromatic heterocycles. The van der Waals surface area contributed by atoms with Gasteiger partial charge in [0.2, 0.25) is 0 Å². The normalized spacial score (nSPS) is 28.6. The molecule has 0 bridgehead atoms. The summed E-state index contributed by atoms with van der Waals surface area (Å²) in [5, 5.41) is 11.5. The number of rotatable bonds is 7. The van der Waals surface area contributed by atoms with E-state index in [0.717, 1.165) is 43.4 Å². The molecule has 28 heavy (non-hydrogen) atoms. The van der Waals surface area contributed by atoms with Crippen molar-refractivity contribution in [3.63, 3.8) is 0 Å². The molecule has 2 N–H and O–H groups in total. The molecule has 0 amide bonds. The number of hydrogen-bond acceptors (Lipinski definition) is 4. The lowest BCUT2D eigenvalue weighted by atomic mass is 9.54. The quantitative estimate of drug-likeness (QED) is 0.546. The molecule has 0 radical (unpaired) electrons. The number of aromatic nitrogens is 1. The molecule has 2 heterocycles. The van der Waals surface area contributed by atoms with E-state index in [1.807, 2.05) is 0 Å². The first-order valence-corrected chi connectivity index (χ1v) is 11.3. The third kappa shape index (κ3) is 3.44. The summed E-state index contributed by atoms with van der Waals surface area (Å²) >= 11 is 0. The van der Waals surface area contributed by atoms with Crippen LogP contribution in [0.5, 0.6) is 0 Å². The van der Waals surface area contributed by atoms with E-state index in [1.165, 1.54) is 32.1 Å². The average Bonchev–Trinajstić information content (AvgIpc) is 3.45. The van der Waals surface area contributed by atoms with Gasteiger partial charge in [-0.2, -0.15) is 0 Å². The van der Waals surface area contributed by atoms with Gasteiger partial charge >= 0.3 is 0 Å². The van der Waals surface area contributed by atoms with E-state index in [-0.39, 0.29) is 0 Å². The van der Waals surface area contributed by atoms with Crippen molar-refractivity contribution in [2.45, 2.75) is 90.3 Å². The van der Waals surface area contributed by atoms with Gasteiger partial charge in [-0.15, -0.1) is 0 Å². The fraction of sp³-hybridized carbons (Fsp3) is 0.818. The first kappa shape index (κ1) is 19.7. The van der Waals surface area contributed by atoms with E-state index >= 15 is 0 Å². The molecule has 6 nitrogen and oxygen atoms in total. The molecule has 3 fully saturated rings. The van der Waals surface area contributed by atoms with Crippen molar-refractivity contribution in [3.05, 3.63) is 17.5 Å². The molecule has 4 rings (SSSR count). The third-order valence-electron chi connectivity index (χ3n) is 7.30. The molecule has 3 atom stereocenters. The van der Waals surface area contributed by atoms with Crippen molar-refractivity contribution in [1.82, 2.24) is 15.8 Å². The van der Waals surface area contributed by atoms with Crippen molar-refractivity contribution < 1.29 is 9.26 Å². The summed E-state index contributed by atoms with van der Waals surface area (Å²) in [5.41, 5.74) is 1.38. The van der Waals surface area contributed by atoms with Crippen molar-refractivity contribution in [2.75, 3.05) is 13.2 Å². The molecule has 3 aliphatic rings. The van der Waals surface area contributed by atoms with Gasteiger partial charge in [0.25, 0.3) is 0 Å². The SMILES string of the molecule is CCNC(=NCc1cc(C(CC)CC)no1)NC1C2CCOC2C12CCCC2. The van der Waals surface area contributed by atoms with Crippen LogP contribution in [0, 0.1) is 11.3 Å². The van der Waals surface area contributed by atoms with E-state index < -0.39 is 0 Å². The minimum absolute atomic E-state index is 0.326. The average molecular weight is 389 g/mol. The second-order valence-corrected chi connectivity index (χ2v) is 8.73. The van der Waals surface area contributed by atoms with E-state index in [9.17, 15) is 0 Å². The van der Waals surface area contributed by atoms with Crippen LogP contribution in [-0.2, 0) is 11.3 Å². The summed E-state index contributed by atoms with van der Waals surface area (Å²) in [6.07, 6.45) is 9.04. The zero-order chi connectivity index (χ0) is 19.6. The Labute approximate surface area is 168 Å². The van der Waals surface area contributed by atoms with Gasteiger partial charge in [0.15, 0.2) is 11.7 Å². The largest absolute Gasteiger partial charge is 0.377 e. The van der Waals surface area contributed by atoms with Crippen molar-refractivity contribution in [1.29, 1.82) is 0 Å². The van der Waals surface area contributed by atoms with Crippen LogP contribution in [-0.4, -0.2) is 36.4 Å². The van der Waals surface area contributed by atoms with E-state index in [2.05, 4.69) is 42.6 Å². The highest BCUT2D eigenvalue weighted by atomic mass is 16.5. The Morgan fingerprint density at radius 1 is 1.29 bits per heavy atom. The molecule has 1 saturated heterocycles. The molecular weight excluding hydrogens is 352 g/mol. The van der Waals surface area contributed by atoms with Crippen molar-refractivity contribution >= 4 is 5.96 Å². The van der Waals surface area contributed by atoms with Crippen LogP contribution in [0.4, 0.5) is 0 Å². The monoisotopic (exact) mass is 388 g/mol. The highest BCUT2D eigenvalue weighted by Gasteiger charge is 2.65. The van der Waals surface area contributed by atoms with Gasteiger partial charge in [-0.05, 0) is 39.0 Å². The summed E-state index contributed by atoms with van der Waals surface area (Å²) in [7, 11) is 0. The Morgan fingerprint density at radius 3 is 2.79 bits per heavy atom. The highest BCUT2D eigenvalue weighted by molar-refractivity contribution is 5.80. The van der Waals surface area contributed by atoms with Gasteiger partial charge in [0.05, 0.1) is 11.8 Å². The van der Waals surface area contributed by atoms with Gasteiger partial charge in [-0.1, -0.05) is 31.8 Å². The molecule has 6 heteroatoms. The number of nitrogens with one attached hydrogen (secondary N) is 2. The van der Waals surface area contributed by atoms with E-state index in [0.29, 0.717) is 35.9 Å². The number of hydrogen-bond donors (Lipinski definition) is 2. The Bertz CT molecular complexity index is 676. The standard InChI is InChI=1S/C22H36N4O2/c1-4-15(5-2)18-13-16(28-26-18)14-24-21(23-6-3)25-19-17-9-12-27-20(17)22(19)10-7-8-11-22/h13,15,17,19-20H,4-12,14H2,1-3H3,(H2,23,24,25). The molecule has 1 spiro atoms. The number of ether oxygens (including phenoxy) is 1. The van der Waals surface area contributed by atoms with Crippen LogP contribution < -0.4 is 10.6 Å². The van der Waals surface area contributed by atoms with Gasteiger partial charge in [0, 0.05) is 42.5 Å². The number of aliphatic imine (C=N–C) groups is 1. The van der Waals surface area contributed by atoms with Gasteiger partial charge in [0.1, 0.15) is 6.54 Å². The maximum absolute atomic E-state index is 6.11. The zero-order valence-electron chi connectivity index (χ0n) is 17.7. The van der Waals surface area contributed by atoms with Gasteiger partial charge in [-0.3, -0.25) is 0 Å². The summed E-state index contributed by atoms with van der Waals surface area (Å²) < 4.78 is 11.7. The highest BCUT2D eigenvalue weighted by Crippen LogP contribution is 2.60. The summed E-state index contributed by atoms with van der Waals surface area (Å²) in [5.74, 6) is 2.84. The Kier molecular flexibility index (Phi) is 5.95. The number of nitrogens with zero attached hydrogens (tertiary/aromatic N) is 2. The molecule has 2 aliphatic carbocycles. The first-order valence-electron chi connectivity index (χ1n) is 11.3. The van der Waals surface area contributed by atoms with Crippen LogP contribution in [0.15, 0.2) is 15.6 Å². The lowest BCUT2D eigenvalue weighted by molar-refractivity contribution is -0.125. The summed E-state index contributed by atoms with van der Waals surface area (Å²) in [6, 6.07) is 2.56. The molecule has 3 unspecified atom stereocenters. The summed E-state index contributed by atoms with van der Waals surface area (Å²) in [6.45, 7) is 8.80. The van der Waals surface area contributed by atoms with Crippen LogP contribution >= 0.6 is 0 Å². The minimum Gasteiger partial charge on any atom is -0.377 e. The lowest BCUT2D eigenvalue weighted by Gasteiger charge is -2.57. The van der Waals surface area contributed by atoms with Crippen LogP contribution in [0.3, 0.4) is 0 Å². The molecule has 1 aromatic rings. The van der Waals surface area contributed by atoms with E-state index in [4.69, 9.17) is 14.3 Å². The fourth-order valence-electron chi connectivity index (χ4n) is 5.83. The van der Waals surface area contributed by atoms with Crippen molar-refractivity contribution in [2.24, 2.45) is 16.3 Å². The topological polar surface area (TPSA) is 71.7 Å². The summed E-state index contributed by atoms with van der Waals surface area (Å²) in [4.78, 5) is 4.82. The molecular formula is C22H36N4O2. The predicted octanol–water partition coefficient (Wildman–Crippen LogP) is 3.98. The molecule has 156 valence electrons. The zero-order valence-corrected chi connectivity index (χ0v) is 17.7. The lowest BCUT2D eigenvalue weighted by Crippen LogP contribution is -2.69. The second-order valence-electron chi connectivity index (χ2n) is 8.73. The van der Waals surface area contributed by atoms with Crippen LogP contribution in [0.1, 0.15) is 83.1 Å². The first-order chi connectivity index (χ1) is 13.7. The van der Waals surface area contributed by atoms with Gasteiger partial charge in [-0.25, -0.2) is 4.99 Å². The molecule has 2 saturated carbocycles. The smallest absolute Gasteiger partial charge is 0.191 e. The fourth-order valence-corrected chi connectivity index (χ4v) is 5.83. The molecule has 0 aromatic carbocycles. The number of guanidine groups is 1. The second kappa shape index (κ2) is 8.44. The van der Waals surface area contributed by atoms with Crippen LogP contribution in [0.2, 0.25) is 0 Å². The maximum atomic E-state index is 6.11. The van der Waals surface area contributed by atoms with E-state index in [1.54, 1.807) is 0 Å². The van der Waals surface area contributed by atoms with Crippen LogP contribution in [0.25, 0.3) is 0 Å². The third-order valence-corrected chi connectivity index (χ3v) is 7.30. The Hall–Kier alpha value is -1.56. The van der Waals surface area contributed by atoms with Gasteiger partial charge < -0.3 is 19.9 Å².